The summed E-state index contributed by atoms with van der Waals surface area (Å²) in [7, 11) is 0. The fraction of sp³-hybridized carbons (Fsp3) is 0.500. The Morgan fingerprint density at radius 1 is 0.613 bits per heavy atom. The summed E-state index contributed by atoms with van der Waals surface area (Å²) in [5, 5.41) is 72.7. The van der Waals surface area contributed by atoms with Crippen LogP contribution in [-0.4, -0.2) is 72.6 Å². The zero-order valence-corrected chi connectivity index (χ0v) is 27.0. The molecule has 0 bridgehead atoms. The minimum absolute atomic E-state index is 0. The Balaban J connectivity index is -0.0000000640. The van der Waals surface area contributed by atoms with Crippen LogP contribution < -0.4 is 168 Å². The molecule has 31 heavy (non-hydrogen) atoms. The van der Waals surface area contributed by atoms with Gasteiger partial charge in [0.2, 0.25) is 0 Å². The molecule has 0 amide bonds. The molecule has 0 aliphatic rings. The van der Waals surface area contributed by atoms with Crippen LogP contribution in [0.2, 0.25) is 0 Å². The molecular formula is C12H13ClKNa3O14. The van der Waals surface area contributed by atoms with Gasteiger partial charge in [0.05, 0.1) is 18.8 Å². The molecule has 156 valence electrons. The molecule has 0 fully saturated rings. The number of aliphatic carboxylic acids is 6. The van der Waals surface area contributed by atoms with Crippen LogP contribution in [0.25, 0.3) is 0 Å². The number of halogens is 1. The molecule has 0 rings (SSSR count). The van der Waals surface area contributed by atoms with Crippen LogP contribution in [0.15, 0.2) is 0 Å². The van der Waals surface area contributed by atoms with E-state index in [1.165, 1.54) is 0 Å². The van der Waals surface area contributed by atoms with Crippen LogP contribution in [-0.2, 0) is 28.8 Å². The normalized spacial score (nSPS) is 9.10. The minimum Gasteiger partial charge on any atom is -1.00 e. The van der Waals surface area contributed by atoms with Crippen molar-refractivity contribution >= 4 is 35.8 Å². The van der Waals surface area contributed by atoms with E-state index in [1.807, 2.05) is 0 Å². The van der Waals surface area contributed by atoms with Gasteiger partial charge in [0.25, 0.3) is 0 Å². The summed E-state index contributed by atoms with van der Waals surface area (Å²) in [6, 6.07) is 0. The second-order valence-electron chi connectivity index (χ2n) is 4.89. The van der Waals surface area contributed by atoms with Crippen molar-refractivity contribution in [3.05, 3.63) is 0 Å². The number of carbonyl (C=O) groups excluding carboxylic acids is 3. The Bertz CT molecular complexity index is 533. The molecule has 0 saturated heterocycles. The van der Waals surface area contributed by atoms with Crippen LogP contribution in [0, 0.1) is 0 Å². The van der Waals surface area contributed by atoms with Gasteiger partial charge in [-0.25, -0.2) is 4.79 Å². The fourth-order valence-corrected chi connectivity index (χ4v) is 1.40. The predicted octanol–water partition coefficient (Wildman–Crippen LogP) is -21.5. The summed E-state index contributed by atoms with van der Waals surface area (Å²) < 4.78 is 0. The largest absolute Gasteiger partial charge is 1.00 e. The zero-order valence-electron chi connectivity index (χ0n) is 17.1. The molecule has 5 N–H and O–H groups in total. The van der Waals surface area contributed by atoms with Crippen molar-refractivity contribution in [2.75, 3.05) is 0 Å². The topological polar surface area (TPSA) is 273 Å². The molecule has 0 aliphatic carbocycles. The summed E-state index contributed by atoms with van der Waals surface area (Å²) in [6.45, 7) is 0. The van der Waals surface area contributed by atoms with Gasteiger partial charge in [-0.15, -0.1) is 0 Å². The molecule has 0 radical (unpaired) electrons. The van der Waals surface area contributed by atoms with Crippen LogP contribution in [0.5, 0.6) is 0 Å². The average Bonchev–Trinajstić information content (AvgIpc) is 2.34. The van der Waals surface area contributed by atoms with Crippen molar-refractivity contribution in [1.29, 1.82) is 0 Å². The summed E-state index contributed by atoms with van der Waals surface area (Å²) in [5.74, 6) is -11.0. The van der Waals surface area contributed by atoms with Gasteiger partial charge in [-0.3, -0.25) is 9.59 Å². The van der Waals surface area contributed by atoms with E-state index in [4.69, 9.17) is 25.5 Å². The van der Waals surface area contributed by atoms with E-state index < -0.39 is 72.7 Å². The number of rotatable bonds is 10. The van der Waals surface area contributed by atoms with Crippen LogP contribution in [0.4, 0.5) is 0 Å². The number of hydrogen-bond acceptors (Lipinski definition) is 11. The van der Waals surface area contributed by atoms with Crippen molar-refractivity contribution in [2.45, 2.75) is 36.9 Å². The van der Waals surface area contributed by atoms with E-state index in [0.717, 1.165) is 0 Å². The molecule has 0 aromatic rings. The summed E-state index contributed by atoms with van der Waals surface area (Å²) in [6.07, 6.45) is -5.00. The maximum absolute atomic E-state index is 10.3. The summed E-state index contributed by atoms with van der Waals surface area (Å²) in [4.78, 5) is 60.5. The number of aliphatic hydroxyl groups is 2. The molecule has 14 nitrogen and oxygen atoms in total. The number of carbonyl (C=O) groups is 6. The molecule has 0 aliphatic heterocycles. The first-order valence-electron chi connectivity index (χ1n) is 6.28. The van der Waals surface area contributed by atoms with E-state index in [-0.39, 0.29) is 152 Å². The maximum Gasteiger partial charge on any atom is 1.00 e. The van der Waals surface area contributed by atoms with Crippen molar-refractivity contribution in [3.63, 3.8) is 0 Å². The van der Waals surface area contributed by atoms with Gasteiger partial charge >= 0.3 is 158 Å². The van der Waals surface area contributed by atoms with Crippen molar-refractivity contribution in [1.82, 2.24) is 0 Å². The first-order chi connectivity index (χ1) is 11.6. The first kappa shape index (κ1) is 49.7. The second-order valence-corrected chi connectivity index (χ2v) is 4.89. The third-order valence-electron chi connectivity index (χ3n) is 2.54. The van der Waals surface area contributed by atoms with Crippen LogP contribution >= 0.6 is 0 Å². The Morgan fingerprint density at radius 3 is 1.00 bits per heavy atom. The molecule has 0 unspecified atom stereocenters. The number of carboxylic acids is 6. The quantitative estimate of drug-likeness (QED) is 0.166. The van der Waals surface area contributed by atoms with Gasteiger partial charge < -0.3 is 67.6 Å². The Kier molecular flexibility index (Phi) is 37.6. The third-order valence-corrected chi connectivity index (χ3v) is 2.54. The van der Waals surface area contributed by atoms with Crippen LogP contribution in [0.3, 0.4) is 0 Å². The van der Waals surface area contributed by atoms with E-state index in [1.54, 1.807) is 0 Å². The molecule has 19 heteroatoms. The Hall–Kier alpha value is 1.67. The van der Waals surface area contributed by atoms with E-state index >= 15 is 0 Å². The molecule has 0 heterocycles. The van der Waals surface area contributed by atoms with Crippen molar-refractivity contribution < 1.29 is 222 Å². The van der Waals surface area contributed by atoms with Gasteiger partial charge in [-0.05, 0) is 0 Å². The molecule has 0 saturated carbocycles. The first-order valence-corrected chi connectivity index (χ1v) is 6.28. The second kappa shape index (κ2) is 23.4. The molecule has 0 atom stereocenters. The van der Waals surface area contributed by atoms with Gasteiger partial charge in [0.15, 0.2) is 5.60 Å². The Labute approximate surface area is 289 Å². The molecule has 0 aromatic heterocycles. The standard InChI is InChI=1S/2C6H8O7.ClH.K.3Na/c2*7-3(8)1-6(13,5(11)12)2-4(9)10;;;;;/h2*13H,1-2H2,(H,7,8)(H,9,10)(H,11,12);1H;;;;/q;;;4*+1/p-4. The maximum atomic E-state index is 10.3. The third kappa shape index (κ3) is 24.6. The van der Waals surface area contributed by atoms with E-state index in [9.17, 15) is 44.1 Å². The van der Waals surface area contributed by atoms with Crippen LogP contribution in [0.1, 0.15) is 25.7 Å². The molecule has 0 spiro atoms. The number of carboxylic acid groups (broad SMARTS) is 6. The van der Waals surface area contributed by atoms with Gasteiger partial charge in [-0.2, -0.15) is 0 Å². The van der Waals surface area contributed by atoms with Crippen molar-refractivity contribution in [3.8, 4) is 0 Å². The van der Waals surface area contributed by atoms with Gasteiger partial charge in [0.1, 0.15) is 5.60 Å². The predicted molar refractivity (Wildman–Crippen MR) is 66.3 cm³/mol. The number of hydrogen-bond donors (Lipinski definition) is 5. The zero-order chi connectivity index (χ0) is 21.3. The smallest absolute Gasteiger partial charge is 1.00 e. The summed E-state index contributed by atoms with van der Waals surface area (Å²) >= 11 is 0. The van der Waals surface area contributed by atoms with Gasteiger partial charge in [-0.1, -0.05) is 0 Å². The fourth-order valence-electron chi connectivity index (χ4n) is 1.40. The average molecular weight is 525 g/mol. The monoisotopic (exact) mass is 524 g/mol. The SMILES string of the molecule is O=C(O)CC(O)(CC(=O)O)C(=O)O.O=C([O-])CC(O)(CC(=O)[O-])C(=O)[O-].[Cl-].[K+].[Na+].[Na+].[Na+]. The minimum atomic E-state index is -2.97. The molecular weight excluding hydrogens is 512 g/mol. The van der Waals surface area contributed by atoms with E-state index in [2.05, 4.69) is 0 Å². The van der Waals surface area contributed by atoms with Gasteiger partial charge in [0, 0.05) is 24.8 Å². The Morgan fingerprint density at radius 2 is 0.871 bits per heavy atom. The molecule has 0 aromatic carbocycles. The van der Waals surface area contributed by atoms with E-state index in [0.29, 0.717) is 0 Å². The summed E-state index contributed by atoms with van der Waals surface area (Å²) in [5.41, 5.74) is -5.71. The van der Waals surface area contributed by atoms with Crippen molar-refractivity contribution in [2.24, 2.45) is 0 Å².